The lowest BCUT2D eigenvalue weighted by molar-refractivity contribution is -0.139. The van der Waals surface area contributed by atoms with Crippen molar-refractivity contribution in [1.29, 1.82) is 0 Å². The van der Waals surface area contributed by atoms with Gasteiger partial charge in [-0.3, -0.25) is 4.79 Å². The summed E-state index contributed by atoms with van der Waals surface area (Å²) in [5.74, 6) is -0.497. The molecule has 0 atom stereocenters. The van der Waals surface area contributed by atoms with E-state index in [4.69, 9.17) is 9.84 Å². The van der Waals surface area contributed by atoms with Crippen LogP contribution in [0, 0.1) is 0 Å². The normalized spacial score (nSPS) is 10.6. The van der Waals surface area contributed by atoms with Crippen LogP contribution in [0.1, 0.15) is 35.3 Å². The molecular formula is C16H18N2O4S. The zero-order valence-corrected chi connectivity index (χ0v) is 14.0. The molecule has 0 unspecified atom stereocenters. The molecule has 1 amide bonds. The van der Waals surface area contributed by atoms with Gasteiger partial charge in [0.1, 0.15) is 11.4 Å². The lowest BCUT2D eigenvalue weighted by atomic mass is 10.2. The van der Waals surface area contributed by atoms with Gasteiger partial charge in [-0.05, 0) is 24.3 Å². The number of thiazole rings is 1. The highest BCUT2D eigenvalue weighted by Gasteiger charge is 2.18. The topological polar surface area (TPSA) is 79.7 Å². The van der Waals surface area contributed by atoms with Crippen molar-refractivity contribution in [2.75, 3.05) is 18.6 Å². The van der Waals surface area contributed by atoms with Gasteiger partial charge in [-0.15, -0.1) is 11.3 Å². The van der Waals surface area contributed by atoms with Crippen LogP contribution in [0.5, 0.6) is 5.75 Å². The Balaban J connectivity index is 2.07. The molecule has 23 heavy (non-hydrogen) atoms. The van der Waals surface area contributed by atoms with Gasteiger partial charge in [0.2, 0.25) is 0 Å². The third-order valence-electron chi connectivity index (χ3n) is 3.13. The number of benzene rings is 1. The standard InChI is InChI=1S/C16H18N2O4S/c1-10(2)15-17-13(9-23-15)16(21)18(3)11-4-6-12(7-5-11)22-8-14(19)20/h4-7,9-10H,8H2,1-3H3,(H,19,20). The van der Waals surface area contributed by atoms with E-state index in [0.717, 1.165) is 5.01 Å². The van der Waals surface area contributed by atoms with E-state index in [1.165, 1.54) is 16.2 Å². The number of anilines is 1. The number of aliphatic carboxylic acids is 1. The Morgan fingerprint density at radius 3 is 2.48 bits per heavy atom. The Morgan fingerprint density at radius 2 is 1.96 bits per heavy atom. The number of amides is 1. The van der Waals surface area contributed by atoms with Crippen LogP contribution in [0.4, 0.5) is 5.69 Å². The van der Waals surface area contributed by atoms with Crippen LogP contribution < -0.4 is 9.64 Å². The monoisotopic (exact) mass is 334 g/mol. The SMILES string of the molecule is CC(C)c1nc(C(=O)N(C)c2ccc(OCC(=O)O)cc2)cs1. The van der Waals surface area contributed by atoms with E-state index in [1.54, 1.807) is 36.7 Å². The largest absolute Gasteiger partial charge is 0.482 e. The van der Waals surface area contributed by atoms with Crippen LogP contribution in [0.15, 0.2) is 29.6 Å². The molecule has 6 nitrogen and oxygen atoms in total. The number of carboxylic acids is 1. The van der Waals surface area contributed by atoms with E-state index in [1.807, 2.05) is 13.8 Å². The van der Waals surface area contributed by atoms with Crippen molar-refractivity contribution in [2.24, 2.45) is 0 Å². The van der Waals surface area contributed by atoms with E-state index in [0.29, 0.717) is 17.1 Å². The first-order valence-corrected chi connectivity index (χ1v) is 7.94. The number of nitrogens with zero attached hydrogens (tertiary/aromatic N) is 2. The van der Waals surface area contributed by atoms with E-state index in [9.17, 15) is 9.59 Å². The fourth-order valence-corrected chi connectivity index (χ4v) is 2.66. The minimum Gasteiger partial charge on any atom is -0.482 e. The van der Waals surface area contributed by atoms with E-state index in [-0.39, 0.29) is 11.8 Å². The first-order chi connectivity index (χ1) is 10.9. The minimum atomic E-state index is -1.04. The van der Waals surface area contributed by atoms with Crippen LogP contribution in [0.3, 0.4) is 0 Å². The Labute approximate surface area is 138 Å². The fraction of sp³-hybridized carbons (Fsp3) is 0.312. The molecule has 0 radical (unpaired) electrons. The molecule has 0 aliphatic carbocycles. The van der Waals surface area contributed by atoms with Gasteiger partial charge in [0.05, 0.1) is 5.01 Å². The molecule has 0 spiro atoms. The zero-order valence-electron chi connectivity index (χ0n) is 13.1. The van der Waals surface area contributed by atoms with Crippen molar-refractivity contribution < 1.29 is 19.4 Å². The summed E-state index contributed by atoms with van der Waals surface area (Å²) in [7, 11) is 1.67. The first-order valence-electron chi connectivity index (χ1n) is 7.06. The Hall–Kier alpha value is -2.41. The van der Waals surface area contributed by atoms with E-state index >= 15 is 0 Å². The number of rotatable bonds is 6. The van der Waals surface area contributed by atoms with Gasteiger partial charge in [0.15, 0.2) is 6.61 Å². The Morgan fingerprint density at radius 1 is 1.30 bits per heavy atom. The molecule has 0 aliphatic rings. The molecule has 0 saturated heterocycles. The first kappa shape index (κ1) is 17.0. The minimum absolute atomic E-state index is 0.188. The summed E-state index contributed by atoms with van der Waals surface area (Å²) in [5, 5.41) is 11.3. The molecule has 2 rings (SSSR count). The van der Waals surface area contributed by atoms with Crippen LogP contribution in [0.2, 0.25) is 0 Å². The molecule has 1 aromatic carbocycles. The predicted molar refractivity (Wildman–Crippen MR) is 88.5 cm³/mol. The van der Waals surface area contributed by atoms with Crippen LogP contribution in [-0.2, 0) is 4.79 Å². The summed E-state index contributed by atoms with van der Waals surface area (Å²) in [4.78, 5) is 28.8. The van der Waals surface area contributed by atoms with Crippen LogP contribution in [0.25, 0.3) is 0 Å². The lowest BCUT2D eigenvalue weighted by Crippen LogP contribution is -2.26. The average Bonchev–Trinajstić information content (AvgIpc) is 3.02. The van der Waals surface area contributed by atoms with Crippen molar-refractivity contribution in [1.82, 2.24) is 4.98 Å². The number of hydrogen-bond acceptors (Lipinski definition) is 5. The molecular weight excluding hydrogens is 316 g/mol. The summed E-state index contributed by atoms with van der Waals surface area (Å²) < 4.78 is 5.06. The second-order valence-electron chi connectivity index (χ2n) is 5.27. The van der Waals surface area contributed by atoms with Gasteiger partial charge in [0, 0.05) is 24.0 Å². The molecule has 2 aromatic rings. The van der Waals surface area contributed by atoms with Crippen molar-refractivity contribution in [3.63, 3.8) is 0 Å². The smallest absolute Gasteiger partial charge is 0.341 e. The quantitative estimate of drug-likeness (QED) is 0.878. The second kappa shape index (κ2) is 7.23. The molecule has 0 bridgehead atoms. The summed E-state index contributed by atoms with van der Waals surface area (Å²) in [6, 6.07) is 6.65. The summed E-state index contributed by atoms with van der Waals surface area (Å²) in [6.07, 6.45) is 0. The van der Waals surface area contributed by atoms with Gasteiger partial charge in [-0.2, -0.15) is 0 Å². The Bertz CT molecular complexity index is 694. The van der Waals surface area contributed by atoms with E-state index < -0.39 is 12.6 Å². The number of carbonyl (C=O) groups is 2. The molecule has 1 heterocycles. The fourth-order valence-electron chi connectivity index (χ4n) is 1.85. The number of carbonyl (C=O) groups excluding carboxylic acids is 1. The number of aromatic nitrogens is 1. The highest BCUT2D eigenvalue weighted by atomic mass is 32.1. The van der Waals surface area contributed by atoms with Gasteiger partial charge in [-0.25, -0.2) is 9.78 Å². The maximum Gasteiger partial charge on any atom is 0.341 e. The molecule has 0 saturated carbocycles. The third-order valence-corrected chi connectivity index (χ3v) is 4.27. The maximum atomic E-state index is 12.4. The molecule has 0 fully saturated rings. The number of carboxylic acid groups (broad SMARTS) is 1. The number of ether oxygens (including phenoxy) is 1. The average molecular weight is 334 g/mol. The van der Waals surface area contributed by atoms with Gasteiger partial charge < -0.3 is 14.7 Å². The molecule has 0 aliphatic heterocycles. The van der Waals surface area contributed by atoms with Gasteiger partial charge >= 0.3 is 5.97 Å². The Kier molecular flexibility index (Phi) is 5.33. The highest BCUT2D eigenvalue weighted by Crippen LogP contribution is 2.23. The van der Waals surface area contributed by atoms with Crippen molar-refractivity contribution in [3.8, 4) is 5.75 Å². The second-order valence-corrected chi connectivity index (χ2v) is 6.16. The number of hydrogen-bond donors (Lipinski definition) is 1. The zero-order chi connectivity index (χ0) is 17.0. The summed E-state index contributed by atoms with van der Waals surface area (Å²) >= 11 is 1.48. The molecule has 7 heteroatoms. The highest BCUT2D eigenvalue weighted by molar-refractivity contribution is 7.09. The van der Waals surface area contributed by atoms with Crippen molar-refractivity contribution in [3.05, 3.63) is 40.3 Å². The maximum absolute atomic E-state index is 12.4. The molecule has 122 valence electrons. The van der Waals surface area contributed by atoms with Crippen molar-refractivity contribution in [2.45, 2.75) is 19.8 Å². The summed E-state index contributed by atoms with van der Waals surface area (Å²) in [5.41, 5.74) is 1.10. The third kappa shape index (κ3) is 4.29. The lowest BCUT2D eigenvalue weighted by Gasteiger charge is -2.16. The summed E-state index contributed by atoms with van der Waals surface area (Å²) in [6.45, 7) is 3.67. The molecule has 1 N–H and O–H groups in total. The van der Waals surface area contributed by atoms with E-state index in [2.05, 4.69) is 4.98 Å². The van der Waals surface area contributed by atoms with Gasteiger partial charge in [-0.1, -0.05) is 13.8 Å². The van der Waals surface area contributed by atoms with Gasteiger partial charge in [0.25, 0.3) is 5.91 Å². The molecule has 1 aromatic heterocycles. The predicted octanol–water partition coefficient (Wildman–Crippen LogP) is 3.01. The van der Waals surface area contributed by atoms with Crippen LogP contribution >= 0.6 is 11.3 Å². The van der Waals surface area contributed by atoms with Crippen molar-refractivity contribution >= 4 is 28.9 Å². The van der Waals surface area contributed by atoms with Crippen LogP contribution in [-0.4, -0.2) is 35.6 Å².